The summed E-state index contributed by atoms with van der Waals surface area (Å²) in [5.41, 5.74) is 0.807. The van der Waals surface area contributed by atoms with Crippen molar-refractivity contribution in [2.24, 2.45) is 5.41 Å². The van der Waals surface area contributed by atoms with Crippen molar-refractivity contribution >= 4 is 11.9 Å². The maximum Gasteiger partial charge on any atom is 0.311 e. The number of hydrogen-bond donors (Lipinski definition) is 2. The Balaban J connectivity index is 2.13. The third-order valence-electron chi connectivity index (χ3n) is 4.32. The zero-order chi connectivity index (χ0) is 14.8. The van der Waals surface area contributed by atoms with Gasteiger partial charge in [0.25, 0.3) is 5.91 Å². The van der Waals surface area contributed by atoms with Crippen LogP contribution in [0.25, 0.3) is 0 Å². The summed E-state index contributed by atoms with van der Waals surface area (Å²) in [7, 11) is 0. The Kier molecular flexibility index (Phi) is 4.12. The number of carboxylic acids is 1. The highest BCUT2D eigenvalue weighted by atomic mass is 16.4. The lowest BCUT2D eigenvalue weighted by Gasteiger charge is -2.38. The number of carbonyl (C=O) groups is 2. The van der Waals surface area contributed by atoms with Crippen LogP contribution >= 0.6 is 0 Å². The normalized spacial score (nSPS) is 26.0. The van der Waals surface area contributed by atoms with Gasteiger partial charge in [0.2, 0.25) is 0 Å². The quantitative estimate of drug-likeness (QED) is 0.891. The highest BCUT2D eigenvalue weighted by molar-refractivity contribution is 5.94. The third-order valence-corrected chi connectivity index (χ3v) is 4.32. The number of aryl methyl sites for hydroxylation is 1. The van der Waals surface area contributed by atoms with Gasteiger partial charge in [-0.25, -0.2) is 0 Å². The lowest BCUT2D eigenvalue weighted by molar-refractivity contribution is -0.151. The van der Waals surface area contributed by atoms with E-state index in [1.807, 2.05) is 19.1 Å². The van der Waals surface area contributed by atoms with Gasteiger partial charge in [0.15, 0.2) is 0 Å². The van der Waals surface area contributed by atoms with Crippen molar-refractivity contribution in [3.8, 4) is 0 Å². The average molecular weight is 275 g/mol. The van der Waals surface area contributed by atoms with E-state index in [-0.39, 0.29) is 11.9 Å². The van der Waals surface area contributed by atoms with Gasteiger partial charge < -0.3 is 10.4 Å². The highest BCUT2D eigenvalue weighted by Gasteiger charge is 2.43. The maximum absolute atomic E-state index is 12.2. The molecule has 0 aliphatic heterocycles. The molecule has 0 aromatic heterocycles. The molecule has 0 spiro atoms. The molecule has 0 radical (unpaired) electrons. The molecule has 1 saturated carbocycles. The smallest absolute Gasteiger partial charge is 0.311 e. The molecule has 108 valence electrons. The molecule has 20 heavy (non-hydrogen) atoms. The van der Waals surface area contributed by atoms with E-state index < -0.39 is 11.4 Å². The molecule has 4 nitrogen and oxygen atoms in total. The monoisotopic (exact) mass is 275 g/mol. The van der Waals surface area contributed by atoms with Gasteiger partial charge in [-0.15, -0.1) is 0 Å². The van der Waals surface area contributed by atoms with Crippen LogP contribution in [-0.2, 0) is 4.79 Å². The maximum atomic E-state index is 12.2. The first-order valence-corrected chi connectivity index (χ1v) is 7.04. The standard InChI is InChI=1S/C16H21NO3/c1-11-6-8-12(9-7-11)14(18)17-13-5-3-4-10-16(13,2)15(19)20/h6-9,13H,3-5,10H2,1-2H3,(H,17,18)(H,19,20). The van der Waals surface area contributed by atoms with E-state index >= 15 is 0 Å². The van der Waals surface area contributed by atoms with Crippen LogP contribution in [0.2, 0.25) is 0 Å². The van der Waals surface area contributed by atoms with Crippen LogP contribution in [0.3, 0.4) is 0 Å². The van der Waals surface area contributed by atoms with Crippen molar-refractivity contribution in [2.75, 3.05) is 0 Å². The Morgan fingerprint density at radius 3 is 2.50 bits per heavy atom. The Bertz CT molecular complexity index is 509. The number of rotatable bonds is 3. The predicted molar refractivity (Wildman–Crippen MR) is 76.6 cm³/mol. The Labute approximate surface area is 119 Å². The summed E-state index contributed by atoms with van der Waals surface area (Å²) in [6.45, 7) is 3.69. The van der Waals surface area contributed by atoms with Crippen molar-refractivity contribution < 1.29 is 14.7 Å². The fraction of sp³-hybridized carbons (Fsp3) is 0.500. The first kappa shape index (κ1) is 14.6. The number of hydrogen-bond acceptors (Lipinski definition) is 2. The highest BCUT2D eigenvalue weighted by Crippen LogP contribution is 2.36. The van der Waals surface area contributed by atoms with Crippen LogP contribution in [0.15, 0.2) is 24.3 Å². The molecule has 1 aromatic rings. The Morgan fingerprint density at radius 2 is 1.90 bits per heavy atom. The molecule has 2 atom stereocenters. The summed E-state index contributed by atoms with van der Waals surface area (Å²) in [5.74, 6) is -1.02. The van der Waals surface area contributed by atoms with E-state index in [9.17, 15) is 14.7 Å². The fourth-order valence-corrected chi connectivity index (χ4v) is 2.77. The summed E-state index contributed by atoms with van der Waals surface area (Å²) in [5, 5.41) is 12.3. The van der Waals surface area contributed by atoms with Crippen molar-refractivity contribution in [3.05, 3.63) is 35.4 Å². The predicted octanol–water partition coefficient (Wildman–Crippen LogP) is 2.76. The third kappa shape index (κ3) is 2.84. The number of aliphatic carboxylic acids is 1. The minimum absolute atomic E-state index is 0.190. The summed E-state index contributed by atoms with van der Waals surface area (Å²) < 4.78 is 0. The number of benzene rings is 1. The number of amides is 1. The molecule has 2 N–H and O–H groups in total. The van der Waals surface area contributed by atoms with Gasteiger partial charge in [-0.3, -0.25) is 9.59 Å². The number of carboxylic acid groups (broad SMARTS) is 1. The molecule has 1 aliphatic rings. The molecule has 0 bridgehead atoms. The SMILES string of the molecule is Cc1ccc(C(=O)NC2CCCCC2(C)C(=O)O)cc1. The lowest BCUT2D eigenvalue weighted by atomic mass is 9.71. The molecule has 0 saturated heterocycles. The molecule has 2 unspecified atom stereocenters. The van der Waals surface area contributed by atoms with Gasteiger partial charge in [0.1, 0.15) is 0 Å². The number of carbonyl (C=O) groups excluding carboxylic acids is 1. The minimum Gasteiger partial charge on any atom is -0.481 e. The Morgan fingerprint density at radius 1 is 1.25 bits per heavy atom. The van der Waals surface area contributed by atoms with Gasteiger partial charge in [0, 0.05) is 11.6 Å². The lowest BCUT2D eigenvalue weighted by Crippen LogP contribution is -2.52. The molecule has 1 amide bonds. The molecule has 0 heterocycles. The van der Waals surface area contributed by atoms with Gasteiger partial charge in [-0.2, -0.15) is 0 Å². The number of nitrogens with one attached hydrogen (secondary N) is 1. The zero-order valence-corrected chi connectivity index (χ0v) is 12.0. The second kappa shape index (κ2) is 5.65. The fourth-order valence-electron chi connectivity index (χ4n) is 2.77. The first-order valence-electron chi connectivity index (χ1n) is 7.04. The van der Waals surface area contributed by atoms with Gasteiger partial charge in [-0.1, -0.05) is 30.5 Å². The Hall–Kier alpha value is -1.84. The van der Waals surface area contributed by atoms with Crippen LogP contribution in [0.5, 0.6) is 0 Å². The van der Waals surface area contributed by atoms with E-state index in [0.717, 1.165) is 24.8 Å². The van der Waals surface area contributed by atoms with E-state index in [2.05, 4.69) is 5.32 Å². The topological polar surface area (TPSA) is 66.4 Å². The van der Waals surface area contributed by atoms with Crippen LogP contribution in [-0.4, -0.2) is 23.0 Å². The molecular weight excluding hydrogens is 254 g/mol. The van der Waals surface area contributed by atoms with Crippen molar-refractivity contribution in [1.82, 2.24) is 5.32 Å². The van der Waals surface area contributed by atoms with Crippen molar-refractivity contribution in [1.29, 1.82) is 0 Å². The summed E-state index contributed by atoms with van der Waals surface area (Å²) in [6, 6.07) is 7.00. The van der Waals surface area contributed by atoms with Gasteiger partial charge in [-0.05, 0) is 38.8 Å². The van der Waals surface area contributed by atoms with Crippen molar-refractivity contribution in [2.45, 2.75) is 45.6 Å². The molecular formula is C16H21NO3. The van der Waals surface area contributed by atoms with Crippen LogP contribution in [0.1, 0.15) is 48.5 Å². The van der Waals surface area contributed by atoms with Crippen LogP contribution in [0.4, 0.5) is 0 Å². The van der Waals surface area contributed by atoms with E-state index in [4.69, 9.17) is 0 Å². The van der Waals surface area contributed by atoms with Gasteiger partial charge >= 0.3 is 5.97 Å². The second-order valence-corrected chi connectivity index (χ2v) is 5.86. The molecule has 1 aliphatic carbocycles. The molecule has 1 fully saturated rings. The summed E-state index contributed by atoms with van der Waals surface area (Å²) in [4.78, 5) is 23.7. The van der Waals surface area contributed by atoms with E-state index in [0.29, 0.717) is 12.0 Å². The summed E-state index contributed by atoms with van der Waals surface area (Å²) >= 11 is 0. The summed E-state index contributed by atoms with van der Waals surface area (Å²) in [6.07, 6.45) is 3.20. The van der Waals surface area contributed by atoms with Crippen LogP contribution < -0.4 is 5.32 Å². The molecule has 2 rings (SSSR count). The molecule has 1 aromatic carbocycles. The molecule has 4 heteroatoms. The van der Waals surface area contributed by atoms with Crippen molar-refractivity contribution in [3.63, 3.8) is 0 Å². The van der Waals surface area contributed by atoms with E-state index in [1.165, 1.54) is 0 Å². The van der Waals surface area contributed by atoms with E-state index in [1.54, 1.807) is 19.1 Å². The zero-order valence-electron chi connectivity index (χ0n) is 12.0. The van der Waals surface area contributed by atoms with Crippen LogP contribution in [0, 0.1) is 12.3 Å². The minimum atomic E-state index is -0.862. The first-order chi connectivity index (χ1) is 9.43. The second-order valence-electron chi connectivity index (χ2n) is 5.86. The average Bonchev–Trinajstić information content (AvgIpc) is 2.42. The van der Waals surface area contributed by atoms with Gasteiger partial charge in [0.05, 0.1) is 5.41 Å². The largest absolute Gasteiger partial charge is 0.481 e.